The third-order valence-electron chi connectivity index (χ3n) is 5.50. The number of aromatic amines is 1. The number of rotatable bonds is 7. The molecule has 2 aromatic carbocycles. The molecule has 3 aromatic rings. The molecule has 7 nitrogen and oxygen atoms in total. The van der Waals surface area contributed by atoms with E-state index in [1.165, 1.54) is 5.56 Å². The van der Waals surface area contributed by atoms with Crippen LogP contribution in [-0.4, -0.2) is 48.3 Å². The molecular formula is C23H27N3O4. The van der Waals surface area contributed by atoms with Gasteiger partial charge in [-0.3, -0.25) is 9.69 Å². The van der Waals surface area contributed by atoms with Gasteiger partial charge in [-0.25, -0.2) is 4.98 Å². The summed E-state index contributed by atoms with van der Waals surface area (Å²) >= 11 is 0. The maximum atomic E-state index is 12.6. The van der Waals surface area contributed by atoms with Gasteiger partial charge in [-0.05, 0) is 24.5 Å². The van der Waals surface area contributed by atoms with E-state index < -0.39 is 0 Å². The normalized spacial score (nSPS) is 15.4. The first kappa shape index (κ1) is 20.4. The number of piperidine rings is 1. The molecule has 0 saturated carbocycles. The van der Waals surface area contributed by atoms with Gasteiger partial charge in [0.25, 0.3) is 5.56 Å². The molecule has 1 N–H and O–H groups in total. The maximum Gasteiger partial charge on any atom is 0.258 e. The lowest BCUT2D eigenvalue weighted by atomic mass is 10.1. The Kier molecular flexibility index (Phi) is 6.30. The van der Waals surface area contributed by atoms with Crippen molar-refractivity contribution in [1.82, 2.24) is 14.9 Å². The summed E-state index contributed by atoms with van der Waals surface area (Å²) < 4.78 is 16.7. The minimum absolute atomic E-state index is 0.169. The number of hydrogen-bond acceptors (Lipinski definition) is 6. The van der Waals surface area contributed by atoms with E-state index in [1.807, 2.05) is 18.2 Å². The number of fused-ring (bicyclic) bond motifs is 1. The fourth-order valence-corrected chi connectivity index (χ4v) is 3.82. The molecule has 7 heteroatoms. The molecule has 1 aromatic heterocycles. The zero-order chi connectivity index (χ0) is 20.9. The number of hydrogen-bond donors (Lipinski definition) is 1. The van der Waals surface area contributed by atoms with E-state index in [2.05, 4.69) is 27.0 Å². The number of aromatic nitrogens is 2. The van der Waals surface area contributed by atoms with E-state index in [9.17, 15) is 4.79 Å². The van der Waals surface area contributed by atoms with Gasteiger partial charge in [0.1, 0.15) is 5.82 Å². The molecule has 30 heavy (non-hydrogen) atoms. The Hall–Kier alpha value is -2.90. The second-order valence-corrected chi connectivity index (χ2v) is 7.51. The van der Waals surface area contributed by atoms with Crippen LogP contribution >= 0.6 is 0 Å². The summed E-state index contributed by atoms with van der Waals surface area (Å²) in [5.41, 5.74) is 1.63. The van der Waals surface area contributed by atoms with Crippen molar-refractivity contribution >= 4 is 10.9 Å². The average molecular weight is 409 g/mol. The first-order chi connectivity index (χ1) is 14.7. The molecule has 0 aliphatic carbocycles. The molecule has 0 radical (unpaired) electrons. The summed E-state index contributed by atoms with van der Waals surface area (Å²) in [7, 11) is 3.12. The van der Waals surface area contributed by atoms with Gasteiger partial charge in [-0.15, -0.1) is 0 Å². The number of likely N-dealkylation sites (tertiary alicyclic amines) is 1. The maximum absolute atomic E-state index is 12.6. The molecule has 0 amide bonds. The lowest BCUT2D eigenvalue weighted by molar-refractivity contribution is -0.00436. The van der Waals surface area contributed by atoms with Crippen LogP contribution in [0, 0.1) is 0 Å². The Morgan fingerprint density at radius 1 is 1.07 bits per heavy atom. The summed E-state index contributed by atoms with van der Waals surface area (Å²) in [6.07, 6.45) is 2.20. The molecule has 1 aliphatic rings. The predicted octanol–water partition coefficient (Wildman–Crippen LogP) is 3.12. The number of ether oxygens (including phenoxy) is 3. The van der Waals surface area contributed by atoms with Gasteiger partial charge < -0.3 is 19.2 Å². The number of nitrogens with one attached hydrogen (secondary N) is 1. The van der Waals surface area contributed by atoms with Crippen molar-refractivity contribution in [3.05, 3.63) is 64.2 Å². The Labute approximate surface area is 175 Å². The van der Waals surface area contributed by atoms with Crippen molar-refractivity contribution in [3.8, 4) is 11.5 Å². The van der Waals surface area contributed by atoms with E-state index in [-0.39, 0.29) is 11.7 Å². The predicted molar refractivity (Wildman–Crippen MR) is 115 cm³/mol. The van der Waals surface area contributed by atoms with Crippen molar-refractivity contribution in [3.63, 3.8) is 0 Å². The molecular weight excluding hydrogens is 382 g/mol. The van der Waals surface area contributed by atoms with E-state index in [1.54, 1.807) is 26.4 Å². The molecule has 2 heterocycles. The molecule has 1 saturated heterocycles. The van der Waals surface area contributed by atoms with Crippen LogP contribution in [0.3, 0.4) is 0 Å². The monoisotopic (exact) mass is 409 g/mol. The van der Waals surface area contributed by atoms with Gasteiger partial charge >= 0.3 is 0 Å². The SMILES string of the molecule is COc1cc2nc(CN3CCC(OCc4ccccc4)CC3)[nH]c(=O)c2cc1OC. The van der Waals surface area contributed by atoms with Crippen LogP contribution in [-0.2, 0) is 17.9 Å². The third kappa shape index (κ3) is 4.63. The first-order valence-corrected chi connectivity index (χ1v) is 10.2. The zero-order valence-electron chi connectivity index (χ0n) is 17.4. The fourth-order valence-electron chi connectivity index (χ4n) is 3.82. The highest BCUT2D eigenvalue weighted by Crippen LogP contribution is 2.30. The molecule has 1 fully saturated rings. The standard InChI is InChI=1S/C23H27N3O4/c1-28-20-12-18-19(13-21(20)29-2)24-22(25-23(18)27)14-26-10-8-17(9-11-26)30-15-16-6-4-3-5-7-16/h3-7,12-13,17H,8-11,14-15H2,1-2H3,(H,24,25,27). The van der Waals surface area contributed by atoms with Crippen LogP contribution in [0.25, 0.3) is 10.9 Å². The van der Waals surface area contributed by atoms with E-state index in [4.69, 9.17) is 14.2 Å². The Balaban J connectivity index is 1.38. The van der Waals surface area contributed by atoms with Crippen LogP contribution < -0.4 is 15.0 Å². The van der Waals surface area contributed by atoms with Gasteiger partial charge in [0.15, 0.2) is 11.5 Å². The van der Waals surface area contributed by atoms with Crippen molar-refractivity contribution < 1.29 is 14.2 Å². The largest absolute Gasteiger partial charge is 0.493 e. The third-order valence-corrected chi connectivity index (χ3v) is 5.50. The van der Waals surface area contributed by atoms with Crippen molar-refractivity contribution in [2.24, 2.45) is 0 Å². The Morgan fingerprint density at radius 3 is 2.47 bits per heavy atom. The topological polar surface area (TPSA) is 76.7 Å². The van der Waals surface area contributed by atoms with E-state index in [0.717, 1.165) is 25.9 Å². The van der Waals surface area contributed by atoms with E-state index >= 15 is 0 Å². The number of methoxy groups -OCH3 is 2. The van der Waals surface area contributed by atoms with Crippen molar-refractivity contribution in [2.75, 3.05) is 27.3 Å². The number of benzene rings is 2. The van der Waals surface area contributed by atoms with Crippen molar-refractivity contribution in [2.45, 2.75) is 32.1 Å². The van der Waals surface area contributed by atoms with Crippen LogP contribution in [0.4, 0.5) is 0 Å². The lowest BCUT2D eigenvalue weighted by Gasteiger charge is -2.31. The molecule has 1 aliphatic heterocycles. The van der Waals surface area contributed by atoms with Gasteiger partial charge in [0.05, 0.1) is 44.4 Å². The summed E-state index contributed by atoms with van der Waals surface area (Å²) in [6.45, 7) is 3.07. The van der Waals surface area contributed by atoms with Gasteiger partial charge in [-0.1, -0.05) is 30.3 Å². The first-order valence-electron chi connectivity index (χ1n) is 10.2. The zero-order valence-corrected chi connectivity index (χ0v) is 17.4. The van der Waals surface area contributed by atoms with Gasteiger partial charge in [0, 0.05) is 19.2 Å². The van der Waals surface area contributed by atoms with Crippen LogP contribution in [0.5, 0.6) is 11.5 Å². The smallest absolute Gasteiger partial charge is 0.258 e. The Morgan fingerprint density at radius 2 is 1.77 bits per heavy atom. The fraction of sp³-hybridized carbons (Fsp3) is 0.391. The second kappa shape index (κ2) is 9.28. The van der Waals surface area contributed by atoms with Gasteiger partial charge in [-0.2, -0.15) is 0 Å². The molecule has 0 bridgehead atoms. The summed E-state index contributed by atoms with van der Waals surface area (Å²) in [4.78, 5) is 22.4. The molecule has 0 spiro atoms. The summed E-state index contributed by atoms with van der Waals surface area (Å²) in [6, 6.07) is 13.7. The molecule has 0 unspecified atom stereocenters. The second-order valence-electron chi connectivity index (χ2n) is 7.51. The highest BCUT2D eigenvalue weighted by Gasteiger charge is 2.21. The van der Waals surface area contributed by atoms with Crippen molar-refractivity contribution in [1.29, 1.82) is 0 Å². The quantitative estimate of drug-likeness (QED) is 0.646. The highest BCUT2D eigenvalue weighted by molar-refractivity contribution is 5.81. The summed E-state index contributed by atoms with van der Waals surface area (Å²) in [5, 5.41) is 0.490. The van der Waals surface area contributed by atoms with E-state index in [0.29, 0.717) is 41.4 Å². The van der Waals surface area contributed by atoms with Crippen LogP contribution in [0.2, 0.25) is 0 Å². The minimum Gasteiger partial charge on any atom is -0.493 e. The summed E-state index contributed by atoms with van der Waals surface area (Å²) in [5.74, 6) is 1.73. The molecule has 158 valence electrons. The average Bonchev–Trinajstić information content (AvgIpc) is 2.78. The minimum atomic E-state index is -0.169. The lowest BCUT2D eigenvalue weighted by Crippen LogP contribution is -2.37. The van der Waals surface area contributed by atoms with Crippen LogP contribution in [0.15, 0.2) is 47.3 Å². The highest BCUT2D eigenvalue weighted by atomic mass is 16.5. The molecule has 0 atom stereocenters. The van der Waals surface area contributed by atoms with Crippen LogP contribution in [0.1, 0.15) is 24.2 Å². The molecule has 4 rings (SSSR count). The number of H-pyrrole nitrogens is 1. The Bertz CT molecular complexity index is 1040. The van der Waals surface area contributed by atoms with Gasteiger partial charge in [0.2, 0.25) is 0 Å². The number of nitrogens with zero attached hydrogens (tertiary/aromatic N) is 2.